The van der Waals surface area contributed by atoms with Gasteiger partial charge >= 0.3 is 5.97 Å². The molecule has 4 fully saturated rings. The molecule has 0 radical (unpaired) electrons. The summed E-state index contributed by atoms with van der Waals surface area (Å²) in [6, 6.07) is 0. The molecule has 0 heterocycles. The minimum atomic E-state index is -0.906. The van der Waals surface area contributed by atoms with Gasteiger partial charge in [0.15, 0.2) is 0 Å². The van der Waals surface area contributed by atoms with Crippen LogP contribution in [0.2, 0.25) is 0 Å². The van der Waals surface area contributed by atoms with Gasteiger partial charge in [0.25, 0.3) is 0 Å². The summed E-state index contributed by atoms with van der Waals surface area (Å²) < 4.78 is 5.72. The van der Waals surface area contributed by atoms with Gasteiger partial charge in [-0.15, -0.1) is 0 Å². The number of fused-ring (bicyclic) bond motifs is 5. The zero-order valence-electron chi connectivity index (χ0n) is 18.2. The summed E-state index contributed by atoms with van der Waals surface area (Å²) in [5.41, 5.74) is 5.36. The summed E-state index contributed by atoms with van der Waals surface area (Å²) in [6.45, 7) is 10.9. The van der Waals surface area contributed by atoms with Crippen molar-refractivity contribution >= 4 is 11.8 Å². The van der Waals surface area contributed by atoms with E-state index in [1.807, 2.05) is 0 Å². The van der Waals surface area contributed by atoms with Crippen LogP contribution in [0.15, 0.2) is 12.2 Å². The van der Waals surface area contributed by atoms with Crippen LogP contribution in [0.3, 0.4) is 0 Å². The predicted molar refractivity (Wildman–Crippen MR) is 111 cm³/mol. The molecular weight excluding hydrogens is 366 g/mol. The molecule has 0 aromatic rings. The van der Waals surface area contributed by atoms with Crippen LogP contribution in [0, 0.1) is 34.5 Å². The smallest absolute Gasteiger partial charge is 0.310 e. The van der Waals surface area contributed by atoms with Gasteiger partial charge in [-0.2, -0.15) is 0 Å². The van der Waals surface area contributed by atoms with Crippen LogP contribution in [0.1, 0.15) is 72.1 Å². The zero-order chi connectivity index (χ0) is 21.2. The number of esters is 1. The second-order valence-electron chi connectivity index (χ2n) is 10.9. The van der Waals surface area contributed by atoms with E-state index >= 15 is 0 Å². The minimum absolute atomic E-state index is 0.207. The number of rotatable bonds is 3. The predicted octanol–water partition coefficient (Wildman–Crippen LogP) is 3.39. The van der Waals surface area contributed by atoms with Crippen molar-refractivity contribution < 1.29 is 19.4 Å². The molecule has 5 heteroatoms. The third-order valence-electron chi connectivity index (χ3n) is 9.44. The molecule has 4 rings (SSSR count). The molecule has 0 bridgehead atoms. The van der Waals surface area contributed by atoms with Crippen molar-refractivity contribution in [3.05, 3.63) is 12.2 Å². The van der Waals surface area contributed by atoms with E-state index in [0.717, 1.165) is 37.7 Å². The number of aliphatic hydroxyl groups is 1. The van der Waals surface area contributed by atoms with Gasteiger partial charge in [-0.3, -0.25) is 9.59 Å². The second kappa shape index (κ2) is 6.91. The normalized spacial score (nSPS) is 47.8. The Labute approximate surface area is 174 Å². The summed E-state index contributed by atoms with van der Waals surface area (Å²) in [6.07, 6.45) is 5.90. The average molecular weight is 404 g/mol. The monoisotopic (exact) mass is 403 g/mol. The van der Waals surface area contributed by atoms with Crippen LogP contribution in [-0.2, 0) is 14.3 Å². The second-order valence-corrected chi connectivity index (χ2v) is 10.9. The number of ketones is 1. The molecule has 0 spiro atoms. The lowest BCUT2D eigenvalue weighted by atomic mass is 9.42. The summed E-state index contributed by atoms with van der Waals surface area (Å²) in [5.74, 6) is 0.863. The Kier molecular flexibility index (Phi) is 5.02. The molecule has 4 aliphatic carbocycles. The molecule has 3 unspecified atom stereocenters. The van der Waals surface area contributed by atoms with Crippen LogP contribution in [0.5, 0.6) is 0 Å². The van der Waals surface area contributed by atoms with E-state index in [4.69, 9.17) is 10.5 Å². The Bertz CT molecular complexity index is 734. The fourth-order valence-electron chi connectivity index (χ4n) is 7.38. The largest absolute Gasteiger partial charge is 0.462 e. The molecule has 4 saturated carbocycles. The molecule has 0 aromatic carbocycles. The molecule has 0 saturated heterocycles. The first-order valence-electron chi connectivity index (χ1n) is 11.4. The third kappa shape index (κ3) is 2.95. The molecule has 29 heavy (non-hydrogen) atoms. The van der Waals surface area contributed by atoms with E-state index in [1.165, 1.54) is 0 Å². The van der Waals surface area contributed by atoms with Crippen LogP contribution in [0.4, 0.5) is 0 Å². The highest BCUT2D eigenvalue weighted by Gasteiger charge is 2.65. The summed E-state index contributed by atoms with van der Waals surface area (Å²) >= 11 is 0. The Hall–Kier alpha value is -1.20. The van der Waals surface area contributed by atoms with Crippen molar-refractivity contribution in [3.8, 4) is 0 Å². The lowest BCUT2D eigenvalue weighted by molar-refractivity contribution is -0.208. The van der Waals surface area contributed by atoms with Gasteiger partial charge in [-0.1, -0.05) is 32.9 Å². The van der Waals surface area contributed by atoms with Crippen molar-refractivity contribution in [1.82, 2.24) is 0 Å². The van der Waals surface area contributed by atoms with Crippen LogP contribution in [0.25, 0.3) is 0 Å². The number of hydrogen-bond acceptors (Lipinski definition) is 5. The maximum absolute atomic E-state index is 12.6. The zero-order valence-corrected chi connectivity index (χ0v) is 18.2. The van der Waals surface area contributed by atoms with Gasteiger partial charge in [0.1, 0.15) is 11.9 Å². The molecule has 0 aromatic heterocycles. The first kappa shape index (κ1) is 21.0. The van der Waals surface area contributed by atoms with Crippen LogP contribution < -0.4 is 5.73 Å². The van der Waals surface area contributed by atoms with Crippen LogP contribution in [-0.4, -0.2) is 35.1 Å². The number of carbonyl (C=O) groups excluding carboxylic acids is 2. The Morgan fingerprint density at radius 2 is 2.00 bits per heavy atom. The Balaban J connectivity index is 1.58. The Morgan fingerprint density at radius 3 is 2.69 bits per heavy atom. The van der Waals surface area contributed by atoms with Crippen molar-refractivity contribution in [2.24, 2.45) is 40.2 Å². The van der Waals surface area contributed by atoms with Crippen molar-refractivity contribution in [2.45, 2.75) is 83.8 Å². The van der Waals surface area contributed by atoms with Gasteiger partial charge in [-0.25, -0.2) is 0 Å². The number of hydrogen-bond donors (Lipinski definition) is 2. The average Bonchev–Trinajstić information content (AvgIpc) is 2.97. The summed E-state index contributed by atoms with van der Waals surface area (Å²) in [4.78, 5) is 24.9. The van der Waals surface area contributed by atoms with E-state index < -0.39 is 5.60 Å². The molecule has 0 amide bonds. The van der Waals surface area contributed by atoms with Gasteiger partial charge in [-0.05, 0) is 56.3 Å². The van der Waals surface area contributed by atoms with E-state index in [2.05, 4.69) is 20.4 Å². The summed E-state index contributed by atoms with van der Waals surface area (Å²) in [7, 11) is 0. The first-order chi connectivity index (χ1) is 13.6. The van der Waals surface area contributed by atoms with Gasteiger partial charge < -0.3 is 15.6 Å². The SMILES string of the molecule is C=C1CC2(O)CC(OC(=O)C(C)CN)CC[C@]2(C)[C@@H]2CC[C@]3(C)C(=O)CC[C@H]3[C@H]12. The summed E-state index contributed by atoms with van der Waals surface area (Å²) in [5, 5.41) is 11.9. The van der Waals surface area contributed by atoms with Crippen LogP contribution >= 0.6 is 0 Å². The standard InChI is InChI=1S/C24H37NO4/c1-14-11-24(28)12-16(29-21(27)15(2)13-25)7-10-23(24,4)18-8-9-22(3)17(20(14)18)5-6-19(22)26/h15-18,20,28H,1,5-13,25H2,2-4H3/t15?,16?,17-,18+,20-,22-,23+,24?/m0/s1. The van der Waals surface area contributed by atoms with E-state index in [9.17, 15) is 14.7 Å². The number of nitrogens with two attached hydrogens (primary N) is 1. The lowest BCUT2D eigenvalue weighted by Gasteiger charge is -2.64. The highest BCUT2D eigenvalue weighted by atomic mass is 16.5. The van der Waals surface area contributed by atoms with Gasteiger partial charge in [0.2, 0.25) is 0 Å². The first-order valence-corrected chi connectivity index (χ1v) is 11.4. The highest BCUT2D eigenvalue weighted by Crippen LogP contribution is 2.67. The maximum atomic E-state index is 12.6. The number of Topliss-reactive ketones (excluding diaryl/α,β-unsaturated/α-hetero) is 1. The fraction of sp³-hybridized carbons (Fsp3) is 0.833. The highest BCUT2D eigenvalue weighted by molar-refractivity contribution is 5.87. The maximum Gasteiger partial charge on any atom is 0.310 e. The lowest BCUT2D eigenvalue weighted by Crippen LogP contribution is -2.63. The number of carbonyl (C=O) groups is 2. The molecule has 162 valence electrons. The molecular formula is C24H37NO4. The van der Waals surface area contributed by atoms with Gasteiger partial charge in [0.05, 0.1) is 11.5 Å². The quantitative estimate of drug-likeness (QED) is 0.557. The fourth-order valence-corrected chi connectivity index (χ4v) is 7.38. The Morgan fingerprint density at radius 1 is 1.28 bits per heavy atom. The van der Waals surface area contributed by atoms with Crippen molar-refractivity contribution in [1.29, 1.82) is 0 Å². The molecule has 5 nitrogen and oxygen atoms in total. The minimum Gasteiger partial charge on any atom is -0.462 e. The molecule has 8 atom stereocenters. The third-order valence-corrected chi connectivity index (χ3v) is 9.44. The van der Waals surface area contributed by atoms with Crippen molar-refractivity contribution in [3.63, 3.8) is 0 Å². The number of ether oxygens (including phenoxy) is 1. The van der Waals surface area contributed by atoms with Gasteiger partial charge in [0, 0.05) is 30.2 Å². The molecule has 0 aliphatic heterocycles. The molecule has 4 aliphatic rings. The molecule has 3 N–H and O–H groups in total. The topological polar surface area (TPSA) is 89.6 Å². The van der Waals surface area contributed by atoms with E-state index in [-0.39, 0.29) is 35.4 Å². The van der Waals surface area contributed by atoms with E-state index in [1.54, 1.807) is 6.92 Å². The van der Waals surface area contributed by atoms with Crippen molar-refractivity contribution in [2.75, 3.05) is 6.54 Å². The van der Waals surface area contributed by atoms with E-state index in [0.29, 0.717) is 42.8 Å².